The second-order valence-corrected chi connectivity index (χ2v) is 4.91. The highest BCUT2D eigenvalue weighted by atomic mass is 16.5. The van der Waals surface area contributed by atoms with Gasteiger partial charge in [0.25, 0.3) is 0 Å². The van der Waals surface area contributed by atoms with E-state index >= 15 is 0 Å². The lowest BCUT2D eigenvalue weighted by molar-refractivity contribution is 0.103. The number of nitrogens with two attached hydrogens (primary N) is 1. The molecule has 1 saturated carbocycles. The van der Waals surface area contributed by atoms with Crippen molar-refractivity contribution in [3.8, 4) is 5.75 Å². The van der Waals surface area contributed by atoms with Crippen LogP contribution in [0.4, 0.5) is 0 Å². The van der Waals surface area contributed by atoms with E-state index in [4.69, 9.17) is 10.5 Å². The van der Waals surface area contributed by atoms with Gasteiger partial charge in [-0.2, -0.15) is 0 Å². The number of nitrogens with zero attached hydrogens (tertiary/aromatic N) is 1. The molecule has 0 unspecified atom stereocenters. The number of ketones is 1. The molecule has 0 amide bonds. The normalized spacial score (nSPS) is 14.1. The minimum absolute atomic E-state index is 0.0386. The minimum atomic E-state index is -0.0386. The van der Waals surface area contributed by atoms with Gasteiger partial charge in [-0.3, -0.25) is 9.78 Å². The topological polar surface area (TPSA) is 65.2 Å². The molecule has 2 aromatic rings. The van der Waals surface area contributed by atoms with Gasteiger partial charge in [-0.25, -0.2) is 0 Å². The van der Waals surface area contributed by atoms with Crippen molar-refractivity contribution >= 4 is 5.78 Å². The zero-order valence-corrected chi connectivity index (χ0v) is 11.1. The molecule has 0 bridgehead atoms. The van der Waals surface area contributed by atoms with Crippen molar-refractivity contribution < 1.29 is 9.53 Å². The maximum absolute atomic E-state index is 12.4. The van der Waals surface area contributed by atoms with Crippen molar-refractivity contribution in [3.05, 3.63) is 59.4 Å². The summed E-state index contributed by atoms with van der Waals surface area (Å²) in [5.74, 6) is 0.717. The SMILES string of the molecule is NCc1cc(C(=O)c2cccc(OC3CC3)c2)ccn1. The van der Waals surface area contributed by atoms with Crippen molar-refractivity contribution in [3.63, 3.8) is 0 Å². The number of ether oxygens (including phenoxy) is 1. The van der Waals surface area contributed by atoms with Crippen LogP contribution < -0.4 is 10.5 Å². The van der Waals surface area contributed by atoms with Crippen LogP contribution >= 0.6 is 0 Å². The average Bonchev–Trinajstić information content (AvgIpc) is 3.31. The molecule has 20 heavy (non-hydrogen) atoms. The van der Waals surface area contributed by atoms with Gasteiger partial charge >= 0.3 is 0 Å². The van der Waals surface area contributed by atoms with Crippen molar-refractivity contribution in [2.45, 2.75) is 25.5 Å². The molecule has 0 saturated heterocycles. The third-order valence-electron chi connectivity index (χ3n) is 3.21. The summed E-state index contributed by atoms with van der Waals surface area (Å²) in [5.41, 5.74) is 7.48. The Bertz CT molecular complexity index is 636. The van der Waals surface area contributed by atoms with Gasteiger partial charge < -0.3 is 10.5 Å². The van der Waals surface area contributed by atoms with Gasteiger partial charge in [0, 0.05) is 23.9 Å². The van der Waals surface area contributed by atoms with Gasteiger partial charge in [-0.05, 0) is 37.1 Å². The van der Waals surface area contributed by atoms with Crippen LogP contribution in [0.15, 0.2) is 42.6 Å². The molecule has 0 aliphatic heterocycles. The van der Waals surface area contributed by atoms with Crippen molar-refractivity contribution in [1.29, 1.82) is 0 Å². The monoisotopic (exact) mass is 268 g/mol. The summed E-state index contributed by atoms with van der Waals surface area (Å²) >= 11 is 0. The van der Waals surface area contributed by atoms with Crippen LogP contribution in [0.5, 0.6) is 5.75 Å². The maximum atomic E-state index is 12.4. The van der Waals surface area contributed by atoms with Crippen LogP contribution in [0, 0.1) is 0 Å². The highest BCUT2D eigenvalue weighted by Crippen LogP contribution is 2.27. The van der Waals surface area contributed by atoms with E-state index in [0.29, 0.717) is 29.5 Å². The zero-order chi connectivity index (χ0) is 13.9. The highest BCUT2D eigenvalue weighted by Gasteiger charge is 2.23. The number of hydrogen-bond donors (Lipinski definition) is 1. The molecule has 2 N–H and O–H groups in total. The number of carbonyl (C=O) groups excluding carboxylic acids is 1. The first kappa shape index (κ1) is 12.8. The molecule has 102 valence electrons. The average molecular weight is 268 g/mol. The summed E-state index contributed by atoms with van der Waals surface area (Å²) in [7, 11) is 0. The predicted octanol–water partition coefficient (Wildman–Crippen LogP) is 2.31. The Kier molecular flexibility index (Phi) is 3.48. The van der Waals surface area contributed by atoms with Crippen LogP contribution in [0.2, 0.25) is 0 Å². The largest absolute Gasteiger partial charge is 0.490 e. The molecule has 1 aliphatic rings. The fourth-order valence-corrected chi connectivity index (χ4v) is 1.99. The molecule has 0 spiro atoms. The number of hydrogen-bond acceptors (Lipinski definition) is 4. The fourth-order valence-electron chi connectivity index (χ4n) is 1.99. The fraction of sp³-hybridized carbons (Fsp3) is 0.250. The first-order valence-electron chi connectivity index (χ1n) is 6.72. The van der Waals surface area contributed by atoms with Crippen LogP contribution in [0.1, 0.15) is 34.5 Å². The molecule has 1 aliphatic carbocycles. The lowest BCUT2D eigenvalue weighted by Crippen LogP contribution is -2.06. The number of carbonyl (C=O) groups is 1. The van der Waals surface area contributed by atoms with E-state index in [2.05, 4.69) is 4.98 Å². The number of aromatic nitrogens is 1. The summed E-state index contributed by atoms with van der Waals surface area (Å²) in [6.45, 7) is 0.325. The predicted molar refractivity (Wildman–Crippen MR) is 75.7 cm³/mol. The molecule has 1 fully saturated rings. The Labute approximate surface area is 117 Å². The Balaban J connectivity index is 1.85. The van der Waals surface area contributed by atoms with Crippen LogP contribution in [0.25, 0.3) is 0 Å². The van der Waals surface area contributed by atoms with Gasteiger partial charge in [0.15, 0.2) is 5.78 Å². The number of rotatable bonds is 5. The Morgan fingerprint density at radius 1 is 1.25 bits per heavy atom. The molecule has 0 radical (unpaired) electrons. The number of benzene rings is 1. The molecular formula is C16H16N2O2. The van der Waals surface area contributed by atoms with E-state index in [1.54, 1.807) is 30.5 Å². The van der Waals surface area contributed by atoms with Crippen LogP contribution in [0.3, 0.4) is 0 Å². The van der Waals surface area contributed by atoms with Gasteiger partial charge in [0.1, 0.15) is 5.75 Å². The quantitative estimate of drug-likeness (QED) is 0.845. The summed E-state index contributed by atoms with van der Waals surface area (Å²) in [4.78, 5) is 16.5. The summed E-state index contributed by atoms with van der Waals surface area (Å²) in [5, 5.41) is 0. The first-order valence-corrected chi connectivity index (χ1v) is 6.72. The molecule has 4 nitrogen and oxygen atoms in total. The minimum Gasteiger partial charge on any atom is -0.490 e. The van der Waals surface area contributed by atoms with Crippen molar-refractivity contribution in [2.75, 3.05) is 0 Å². The standard InChI is InChI=1S/C16H16N2O2/c17-10-13-8-12(6-7-18-13)16(19)11-2-1-3-15(9-11)20-14-4-5-14/h1-3,6-9,14H,4-5,10,17H2. The summed E-state index contributed by atoms with van der Waals surface area (Å²) in [6.07, 6.45) is 4.13. The van der Waals surface area contributed by atoms with Gasteiger partial charge in [-0.15, -0.1) is 0 Å². The second kappa shape index (κ2) is 5.43. The lowest BCUT2D eigenvalue weighted by atomic mass is 10.0. The third-order valence-corrected chi connectivity index (χ3v) is 3.21. The van der Waals surface area contributed by atoms with E-state index in [1.165, 1.54) is 0 Å². The smallest absolute Gasteiger partial charge is 0.193 e. The third kappa shape index (κ3) is 2.86. The van der Waals surface area contributed by atoms with E-state index in [-0.39, 0.29) is 5.78 Å². The highest BCUT2D eigenvalue weighted by molar-refractivity contribution is 6.09. The Morgan fingerprint density at radius 3 is 2.80 bits per heavy atom. The molecule has 1 aromatic heterocycles. The zero-order valence-electron chi connectivity index (χ0n) is 11.1. The molecule has 1 heterocycles. The van der Waals surface area contributed by atoms with Gasteiger partial charge in [-0.1, -0.05) is 12.1 Å². The van der Waals surface area contributed by atoms with Gasteiger partial charge in [0.05, 0.1) is 11.8 Å². The number of pyridine rings is 1. The van der Waals surface area contributed by atoms with E-state index < -0.39 is 0 Å². The molecule has 4 heteroatoms. The summed E-state index contributed by atoms with van der Waals surface area (Å²) < 4.78 is 5.71. The van der Waals surface area contributed by atoms with Crippen molar-refractivity contribution in [1.82, 2.24) is 4.98 Å². The van der Waals surface area contributed by atoms with E-state index in [1.807, 2.05) is 12.1 Å². The molecule has 3 rings (SSSR count). The Hall–Kier alpha value is -2.20. The van der Waals surface area contributed by atoms with Crippen LogP contribution in [-0.2, 0) is 6.54 Å². The lowest BCUT2D eigenvalue weighted by Gasteiger charge is -2.07. The van der Waals surface area contributed by atoms with E-state index in [0.717, 1.165) is 18.6 Å². The Morgan fingerprint density at radius 2 is 2.05 bits per heavy atom. The summed E-state index contributed by atoms with van der Waals surface area (Å²) in [6, 6.07) is 10.8. The molecular weight excluding hydrogens is 252 g/mol. The van der Waals surface area contributed by atoms with Gasteiger partial charge in [0.2, 0.25) is 0 Å². The molecule has 1 aromatic carbocycles. The van der Waals surface area contributed by atoms with Crippen LogP contribution in [-0.4, -0.2) is 16.9 Å². The maximum Gasteiger partial charge on any atom is 0.193 e. The first-order chi connectivity index (χ1) is 9.76. The molecule has 0 atom stereocenters. The van der Waals surface area contributed by atoms with E-state index in [9.17, 15) is 4.79 Å². The second-order valence-electron chi connectivity index (χ2n) is 4.91. The van der Waals surface area contributed by atoms with Crippen molar-refractivity contribution in [2.24, 2.45) is 5.73 Å².